The van der Waals surface area contributed by atoms with E-state index in [1.54, 1.807) is 7.11 Å². The molecular formula is C22H24N2O2. The first kappa shape index (κ1) is 17.0. The van der Waals surface area contributed by atoms with Crippen molar-refractivity contribution in [2.24, 2.45) is 0 Å². The van der Waals surface area contributed by atoms with Crippen LogP contribution in [0.25, 0.3) is 10.9 Å². The highest BCUT2D eigenvalue weighted by Gasteiger charge is 2.29. The molecule has 0 saturated carbocycles. The molecule has 134 valence electrons. The molecule has 2 atom stereocenters. The Labute approximate surface area is 154 Å². The fourth-order valence-electron chi connectivity index (χ4n) is 3.94. The van der Waals surface area contributed by atoms with Gasteiger partial charge in [-0.05, 0) is 48.4 Å². The highest BCUT2D eigenvalue weighted by molar-refractivity contribution is 5.81. The zero-order valence-corrected chi connectivity index (χ0v) is 15.0. The number of aliphatic hydroxyl groups is 1. The number of para-hydroxylation sites is 1. The molecule has 1 aliphatic rings. The lowest BCUT2D eigenvalue weighted by molar-refractivity contribution is 0.0478. The van der Waals surface area contributed by atoms with Crippen molar-refractivity contribution in [2.45, 2.75) is 25.0 Å². The molecule has 0 aliphatic carbocycles. The third-order valence-corrected chi connectivity index (χ3v) is 5.32. The van der Waals surface area contributed by atoms with Gasteiger partial charge in [0, 0.05) is 30.6 Å². The number of piperidine rings is 1. The zero-order valence-electron chi connectivity index (χ0n) is 15.0. The van der Waals surface area contributed by atoms with Crippen LogP contribution in [0.2, 0.25) is 0 Å². The first-order chi connectivity index (χ1) is 12.7. The number of hydrogen-bond donors (Lipinski definition) is 1. The molecule has 1 aliphatic heterocycles. The number of hydrogen-bond acceptors (Lipinski definition) is 4. The third kappa shape index (κ3) is 3.43. The summed E-state index contributed by atoms with van der Waals surface area (Å²) < 4.78 is 5.32. The van der Waals surface area contributed by atoms with Gasteiger partial charge in [0.25, 0.3) is 0 Å². The molecule has 2 heterocycles. The number of likely N-dealkylation sites (tertiary alicyclic amines) is 1. The lowest BCUT2D eigenvalue weighted by Crippen LogP contribution is -2.42. The van der Waals surface area contributed by atoms with Crippen molar-refractivity contribution < 1.29 is 9.84 Å². The van der Waals surface area contributed by atoms with Crippen molar-refractivity contribution in [2.75, 3.05) is 20.2 Å². The molecular weight excluding hydrogens is 324 g/mol. The van der Waals surface area contributed by atoms with E-state index in [2.05, 4.69) is 34.1 Å². The topological polar surface area (TPSA) is 45.6 Å². The van der Waals surface area contributed by atoms with E-state index in [0.29, 0.717) is 6.54 Å². The molecule has 4 heteroatoms. The number of pyridine rings is 1. The van der Waals surface area contributed by atoms with Crippen LogP contribution in [0.15, 0.2) is 60.8 Å². The van der Waals surface area contributed by atoms with Gasteiger partial charge in [-0.2, -0.15) is 0 Å². The predicted molar refractivity (Wildman–Crippen MR) is 103 cm³/mol. The maximum atomic E-state index is 10.8. The Morgan fingerprint density at radius 3 is 2.88 bits per heavy atom. The monoisotopic (exact) mass is 348 g/mol. The second kappa shape index (κ2) is 7.44. The molecule has 0 radical (unpaired) electrons. The van der Waals surface area contributed by atoms with Gasteiger partial charge in [-0.25, -0.2) is 0 Å². The van der Waals surface area contributed by atoms with Gasteiger partial charge in [0.05, 0.1) is 18.7 Å². The number of methoxy groups -OCH3 is 1. The first-order valence-electron chi connectivity index (χ1n) is 9.11. The number of aromatic nitrogens is 1. The minimum Gasteiger partial charge on any atom is -0.497 e. The smallest absolute Gasteiger partial charge is 0.119 e. The van der Waals surface area contributed by atoms with E-state index in [0.717, 1.165) is 36.3 Å². The Hall–Kier alpha value is -2.43. The highest BCUT2D eigenvalue weighted by atomic mass is 16.5. The summed E-state index contributed by atoms with van der Waals surface area (Å²) in [6.07, 6.45) is 2.44. The Morgan fingerprint density at radius 1 is 1.15 bits per heavy atom. The van der Waals surface area contributed by atoms with E-state index >= 15 is 0 Å². The molecule has 0 bridgehead atoms. The van der Waals surface area contributed by atoms with E-state index < -0.39 is 0 Å². The van der Waals surface area contributed by atoms with E-state index in [9.17, 15) is 5.11 Å². The molecule has 0 amide bonds. The largest absolute Gasteiger partial charge is 0.497 e. The summed E-state index contributed by atoms with van der Waals surface area (Å²) in [4.78, 5) is 6.77. The molecule has 26 heavy (non-hydrogen) atoms. The van der Waals surface area contributed by atoms with E-state index in [4.69, 9.17) is 4.74 Å². The van der Waals surface area contributed by atoms with Crippen LogP contribution in [0.3, 0.4) is 0 Å². The number of benzene rings is 2. The highest BCUT2D eigenvalue weighted by Crippen LogP contribution is 2.31. The molecule has 3 aromatic rings. The summed E-state index contributed by atoms with van der Waals surface area (Å²) >= 11 is 0. The maximum Gasteiger partial charge on any atom is 0.119 e. The standard InChI is InChI=1S/C22H24N2O2/c1-26-18-6-4-5-16(13-18)20-10-12-24(15-22(20)25)14-17-9-11-23-21-8-3-2-7-19(17)21/h2-9,11,13,20,22,25H,10,12,14-15H2,1H3/t20-,22+/m0/s1. The first-order valence-corrected chi connectivity index (χ1v) is 9.11. The van der Waals surface area contributed by atoms with Crippen LogP contribution in [0.4, 0.5) is 0 Å². The average molecular weight is 348 g/mol. The summed E-state index contributed by atoms with van der Waals surface area (Å²) in [6.45, 7) is 2.49. The predicted octanol–water partition coefficient (Wildman–Crippen LogP) is 3.59. The van der Waals surface area contributed by atoms with Crippen molar-refractivity contribution in [3.8, 4) is 5.75 Å². The van der Waals surface area contributed by atoms with Gasteiger partial charge in [-0.15, -0.1) is 0 Å². The van der Waals surface area contributed by atoms with Crippen molar-refractivity contribution >= 4 is 10.9 Å². The van der Waals surface area contributed by atoms with Crippen molar-refractivity contribution in [1.29, 1.82) is 0 Å². The fourth-order valence-corrected chi connectivity index (χ4v) is 3.94. The van der Waals surface area contributed by atoms with E-state index in [1.807, 2.05) is 36.5 Å². The molecule has 1 fully saturated rings. The van der Waals surface area contributed by atoms with Crippen molar-refractivity contribution in [3.63, 3.8) is 0 Å². The summed E-state index contributed by atoms with van der Waals surface area (Å²) in [5, 5.41) is 11.9. The van der Waals surface area contributed by atoms with E-state index in [-0.39, 0.29) is 12.0 Å². The maximum absolute atomic E-state index is 10.8. The Morgan fingerprint density at radius 2 is 2.04 bits per heavy atom. The summed E-state index contributed by atoms with van der Waals surface area (Å²) in [7, 11) is 1.68. The van der Waals surface area contributed by atoms with Gasteiger partial charge in [-0.1, -0.05) is 30.3 Å². The van der Waals surface area contributed by atoms with Gasteiger partial charge in [0.15, 0.2) is 0 Å². The quantitative estimate of drug-likeness (QED) is 0.783. The molecule has 0 unspecified atom stereocenters. The summed E-state index contributed by atoms with van der Waals surface area (Å²) in [5.41, 5.74) is 3.45. The molecule has 1 N–H and O–H groups in total. The number of ether oxygens (including phenoxy) is 1. The number of nitrogens with zero attached hydrogens (tertiary/aromatic N) is 2. The lowest BCUT2D eigenvalue weighted by atomic mass is 9.87. The molecule has 4 nitrogen and oxygen atoms in total. The van der Waals surface area contributed by atoms with Gasteiger partial charge >= 0.3 is 0 Å². The number of β-amino-alcohol motifs (C(OH)–C–C–N with tert-alkyl or cyclic N) is 1. The average Bonchev–Trinajstić information content (AvgIpc) is 2.68. The summed E-state index contributed by atoms with van der Waals surface area (Å²) in [6, 6.07) is 18.4. The van der Waals surface area contributed by atoms with Crippen LogP contribution >= 0.6 is 0 Å². The minimum atomic E-state index is -0.371. The van der Waals surface area contributed by atoms with Crippen LogP contribution in [0.1, 0.15) is 23.5 Å². The second-order valence-electron chi connectivity index (χ2n) is 6.96. The van der Waals surface area contributed by atoms with Gasteiger partial charge in [-0.3, -0.25) is 9.88 Å². The Kier molecular flexibility index (Phi) is 4.87. The minimum absolute atomic E-state index is 0.163. The van der Waals surface area contributed by atoms with Crippen LogP contribution in [-0.4, -0.2) is 41.3 Å². The van der Waals surface area contributed by atoms with Crippen LogP contribution in [0, 0.1) is 0 Å². The van der Waals surface area contributed by atoms with Crippen LogP contribution < -0.4 is 4.74 Å². The molecule has 1 saturated heterocycles. The fraction of sp³-hybridized carbons (Fsp3) is 0.318. The van der Waals surface area contributed by atoms with Gasteiger partial charge < -0.3 is 9.84 Å². The van der Waals surface area contributed by atoms with Crippen LogP contribution in [-0.2, 0) is 6.54 Å². The normalized spacial score (nSPS) is 21.0. The second-order valence-corrected chi connectivity index (χ2v) is 6.96. The SMILES string of the molecule is COc1cccc([C@@H]2CCN(Cc3ccnc4ccccc34)C[C@H]2O)c1. The van der Waals surface area contributed by atoms with E-state index in [1.165, 1.54) is 10.9 Å². The van der Waals surface area contributed by atoms with Gasteiger partial charge in [0.2, 0.25) is 0 Å². The van der Waals surface area contributed by atoms with Gasteiger partial charge in [0.1, 0.15) is 5.75 Å². The van der Waals surface area contributed by atoms with Crippen molar-refractivity contribution in [1.82, 2.24) is 9.88 Å². The van der Waals surface area contributed by atoms with Crippen LogP contribution in [0.5, 0.6) is 5.75 Å². The number of fused-ring (bicyclic) bond motifs is 1. The lowest BCUT2D eigenvalue weighted by Gasteiger charge is -2.36. The molecule has 1 aromatic heterocycles. The summed E-state index contributed by atoms with van der Waals surface area (Å²) in [5.74, 6) is 1.01. The Bertz CT molecular complexity index is 891. The number of rotatable bonds is 4. The number of aliphatic hydroxyl groups excluding tert-OH is 1. The van der Waals surface area contributed by atoms with Crippen molar-refractivity contribution in [3.05, 3.63) is 71.9 Å². The zero-order chi connectivity index (χ0) is 17.9. The third-order valence-electron chi connectivity index (χ3n) is 5.32. The molecule has 4 rings (SSSR count). The Balaban J connectivity index is 1.48. The molecule has 2 aromatic carbocycles. The molecule has 0 spiro atoms.